The first-order valence-corrected chi connectivity index (χ1v) is 7.84. The van der Waals surface area contributed by atoms with Crippen molar-refractivity contribution in [3.63, 3.8) is 0 Å². The molecule has 1 N–H and O–H groups in total. The minimum Gasteiger partial charge on any atom is -0.461 e. The summed E-state index contributed by atoms with van der Waals surface area (Å²) >= 11 is 0. The summed E-state index contributed by atoms with van der Waals surface area (Å²) < 4.78 is 11.8. The van der Waals surface area contributed by atoms with Crippen molar-refractivity contribution >= 4 is 12.1 Å². The summed E-state index contributed by atoms with van der Waals surface area (Å²) in [6, 6.07) is 0. The average molecular weight is 326 g/mol. The largest absolute Gasteiger partial charge is 0.461 e. The van der Waals surface area contributed by atoms with E-state index in [-0.39, 0.29) is 18.8 Å². The van der Waals surface area contributed by atoms with Crippen LogP contribution in [0.4, 0.5) is 4.79 Å². The van der Waals surface area contributed by atoms with Gasteiger partial charge in [-0.25, -0.2) is 14.3 Å². The summed E-state index contributed by atoms with van der Waals surface area (Å²) in [5.74, 6) is -0.545. The zero-order chi connectivity index (χ0) is 17.5. The Morgan fingerprint density at radius 1 is 1.26 bits per heavy atom. The summed E-state index contributed by atoms with van der Waals surface area (Å²) in [4.78, 5) is 23.7. The molecule has 0 bridgehead atoms. The summed E-state index contributed by atoms with van der Waals surface area (Å²) in [6.07, 6.45) is 1.31. The molecule has 8 nitrogen and oxygen atoms in total. The van der Waals surface area contributed by atoms with E-state index in [1.165, 1.54) is 0 Å². The van der Waals surface area contributed by atoms with Crippen LogP contribution in [0.5, 0.6) is 0 Å². The number of ether oxygens (including phenoxy) is 2. The predicted octanol–water partition coefficient (Wildman–Crippen LogP) is 2.28. The fraction of sp³-hybridized carbons (Fsp3) is 0.733. The van der Waals surface area contributed by atoms with Crippen LogP contribution >= 0.6 is 0 Å². The number of unbranched alkanes of at least 4 members (excludes halogenated alkanes) is 1. The van der Waals surface area contributed by atoms with Crippen molar-refractivity contribution in [2.24, 2.45) is 0 Å². The molecule has 0 fully saturated rings. The molecule has 8 heteroatoms. The highest BCUT2D eigenvalue weighted by Gasteiger charge is 2.22. The van der Waals surface area contributed by atoms with Crippen LogP contribution in [0.2, 0.25) is 0 Å². The number of aromatic nitrogens is 3. The monoisotopic (exact) mass is 326 g/mol. The summed E-state index contributed by atoms with van der Waals surface area (Å²) in [7, 11) is 0. The van der Waals surface area contributed by atoms with Gasteiger partial charge in [0.25, 0.3) is 0 Å². The van der Waals surface area contributed by atoms with Gasteiger partial charge in [-0.05, 0) is 34.1 Å². The van der Waals surface area contributed by atoms with Gasteiger partial charge in [0.15, 0.2) is 5.69 Å². The van der Waals surface area contributed by atoms with Crippen LogP contribution in [0, 0.1) is 0 Å². The molecular weight excluding hydrogens is 300 g/mol. The van der Waals surface area contributed by atoms with Crippen molar-refractivity contribution in [2.45, 2.75) is 66.2 Å². The van der Waals surface area contributed by atoms with Crippen LogP contribution in [-0.2, 0) is 22.6 Å². The molecule has 1 amide bonds. The number of alkyl carbamates (subject to hydrolysis) is 1. The molecule has 0 unspecified atom stereocenters. The SMILES string of the molecule is CCCCn1nnc(C(=O)OCC)c1CNC(=O)OC(C)(C)C. The van der Waals surface area contributed by atoms with Crippen molar-refractivity contribution in [3.05, 3.63) is 11.4 Å². The van der Waals surface area contributed by atoms with E-state index in [9.17, 15) is 9.59 Å². The third kappa shape index (κ3) is 6.25. The molecule has 0 saturated heterocycles. The maximum absolute atomic E-state index is 11.9. The number of aryl methyl sites for hydroxylation is 1. The third-order valence-corrected chi connectivity index (χ3v) is 2.83. The van der Waals surface area contributed by atoms with E-state index in [0.29, 0.717) is 12.2 Å². The maximum atomic E-state index is 11.9. The molecule has 1 aromatic rings. The van der Waals surface area contributed by atoms with E-state index < -0.39 is 17.7 Å². The molecular formula is C15H26N4O4. The number of nitrogens with zero attached hydrogens (tertiary/aromatic N) is 3. The Morgan fingerprint density at radius 3 is 2.52 bits per heavy atom. The molecule has 130 valence electrons. The maximum Gasteiger partial charge on any atom is 0.407 e. The number of nitrogens with one attached hydrogen (secondary N) is 1. The van der Waals surface area contributed by atoms with E-state index in [1.807, 2.05) is 0 Å². The molecule has 1 rings (SSSR count). The number of amides is 1. The van der Waals surface area contributed by atoms with Crippen molar-refractivity contribution < 1.29 is 19.1 Å². The van der Waals surface area contributed by atoms with E-state index in [0.717, 1.165) is 12.8 Å². The first-order chi connectivity index (χ1) is 10.8. The lowest BCUT2D eigenvalue weighted by Gasteiger charge is -2.19. The first kappa shape index (κ1) is 18.9. The molecule has 0 aliphatic heterocycles. The van der Waals surface area contributed by atoms with E-state index in [2.05, 4.69) is 22.6 Å². The molecule has 0 atom stereocenters. The molecule has 1 heterocycles. The predicted molar refractivity (Wildman–Crippen MR) is 84.0 cm³/mol. The zero-order valence-corrected chi connectivity index (χ0v) is 14.5. The number of hydrogen-bond donors (Lipinski definition) is 1. The normalized spacial score (nSPS) is 11.2. The lowest BCUT2D eigenvalue weighted by molar-refractivity contribution is 0.0497. The van der Waals surface area contributed by atoms with Crippen LogP contribution in [-0.4, -0.2) is 39.3 Å². The quantitative estimate of drug-likeness (QED) is 0.772. The van der Waals surface area contributed by atoms with Gasteiger partial charge < -0.3 is 14.8 Å². The number of carbonyl (C=O) groups excluding carboxylic acids is 2. The molecule has 1 aromatic heterocycles. The van der Waals surface area contributed by atoms with Crippen molar-refractivity contribution in [1.82, 2.24) is 20.3 Å². The van der Waals surface area contributed by atoms with Crippen LogP contribution in [0.3, 0.4) is 0 Å². The molecule has 0 radical (unpaired) electrons. The van der Waals surface area contributed by atoms with Crippen LogP contribution in [0.15, 0.2) is 0 Å². The highest BCUT2D eigenvalue weighted by molar-refractivity contribution is 5.88. The number of carbonyl (C=O) groups is 2. The highest BCUT2D eigenvalue weighted by atomic mass is 16.6. The Morgan fingerprint density at radius 2 is 1.96 bits per heavy atom. The Hall–Kier alpha value is -2.12. The smallest absolute Gasteiger partial charge is 0.407 e. The Bertz CT molecular complexity index is 534. The van der Waals surface area contributed by atoms with Gasteiger partial charge in [-0.1, -0.05) is 18.6 Å². The lowest BCUT2D eigenvalue weighted by Crippen LogP contribution is -2.33. The van der Waals surface area contributed by atoms with Gasteiger partial charge in [-0.2, -0.15) is 0 Å². The van der Waals surface area contributed by atoms with Crippen LogP contribution in [0.1, 0.15) is 63.6 Å². The minimum absolute atomic E-state index is 0.0970. The van der Waals surface area contributed by atoms with Gasteiger partial charge in [-0.15, -0.1) is 5.10 Å². The summed E-state index contributed by atoms with van der Waals surface area (Å²) in [6.45, 7) is 10.1. The fourth-order valence-corrected chi connectivity index (χ4v) is 1.82. The molecule has 0 spiro atoms. The fourth-order valence-electron chi connectivity index (χ4n) is 1.82. The number of hydrogen-bond acceptors (Lipinski definition) is 6. The topological polar surface area (TPSA) is 95.3 Å². The van der Waals surface area contributed by atoms with Gasteiger partial charge in [-0.3, -0.25) is 0 Å². The Labute approximate surface area is 136 Å². The van der Waals surface area contributed by atoms with Crippen molar-refractivity contribution in [2.75, 3.05) is 6.61 Å². The minimum atomic E-state index is -0.589. The second-order valence-electron chi connectivity index (χ2n) is 6.04. The van der Waals surface area contributed by atoms with Crippen LogP contribution < -0.4 is 5.32 Å². The van der Waals surface area contributed by atoms with Crippen molar-refractivity contribution in [1.29, 1.82) is 0 Å². The zero-order valence-electron chi connectivity index (χ0n) is 14.5. The van der Waals surface area contributed by atoms with Crippen LogP contribution in [0.25, 0.3) is 0 Å². The van der Waals surface area contributed by atoms with E-state index in [4.69, 9.17) is 9.47 Å². The first-order valence-electron chi connectivity index (χ1n) is 7.84. The summed E-state index contributed by atoms with van der Waals surface area (Å²) in [5.41, 5.74) is 0.0520. The molecule has 0 aliphatic carbocycles. The molecule has 23 heavy (non-hydrogen) atoms. The highest BCUT2D eigenvalue weighted by Crippen LogP contribution is 2.10. The van der Waals surface area contributed by atoms with Gasteiger partial charge >= 0.3 is 12.1 Å². The Kier molecular flexibility index (Phi) is 6.99. The number of rotatable bonds is 7. The van der Waals surface area contributed by atoms with Crippen molar-refractivity contribution in [3.8, 4) is 0 Å². The standard InChI is InChI=1S/C15H26N4O4/c1-6-8-9-19-11(10-16-14(21)23-15(3,4)5)12(17-18-19)13(20)22-7-2/h6-10H2,1-5H3,(H,16,21). The van der Waals surface area contributed by atoms with Gasteiger partial charge in [0.2, 0.25) is 0 Å². The lowest BCUT2D eigenvalue weighted by atomic mass is 10.2. The average Bonchev–Trinajstić information content (AvgIpc) is 2.84. The summed E-state index contributed by atoms with van der Waals surface area (Å²) in [5, 5.41) is 10.5. The van der Waals surface area contributed by atoms with Gasteiger partial charge in [0.05, 0.1) is 18.8 Å². The second-order valence-corrected chi connectivity index (χ2v) is 6.04. The second kappa shape index (κ2) is 8.50. The molecule has 0 saturated carbocycles. The molecule has 0 aliphatic rings. The van der Waals surface area contributed by atoms with Gasteiger partial charge in [0, 0.05) is 6.54 Å². The molecule has 0 aromatic carbocycles. The number of esters is 1. The third-order valence-electron chi connectivity index (χ3n) is 2.83. The van der Waals surface area contributed by atoms with E-state index in [1.54, 1.807) is 32.4 Å². The van der Waals surface area contributed by atoms with Gasteiger partial charge in [0.1, 0.15) is 5.60 Å². The van der Waals surface area contributed by atoms with E-state index >= 15 is 0 Å². The Balaban J connectivity index is 2.85.